The maximum absolute atomic E-state index is 12.8. The second-order valence-corrected chi connectivity index (χ2v) is 10.0. The highest BCUT2D eigenvalue weighted by Crippen LogP contribution is 2.38. The lowest BCUT2D eigenvalue weighted by atomic mass is 9.94. The van der Waals surface area contributed by atoms with Crippen molar-refractivity contribution in [3.05, 3.63) is 41.5 Å². The van der Waals surface area contributed by atoms with Crippen molar-refractivity contribution >= 4 is 17.7 Å². The van der Waals surface area contributed by atoms with Crippen LogP contribution >= 0.6 is 11.8 Å². The molecule has 1 amide bonds. The van der Waals surface area contributed by atoms with E-state index in [4.69, 9.17) is 4.52 Å². The molecule has 28 heavy (non-hydrogen) atoms. The predicted octanol–water partition coefficient (Wildman–Crippen LogP) is 4.47. The second kappa shape index (κ2) is 8.68. The molecule has 0 spiro atoms. The Kier molecular flexibility index (Phi) is 6.04. The quantitative estimate of drug-likeness (QED) is 0.643. The lowest BCUT2D eigenvalue weighted by Gasteiger charge is -2.32. The van der Waals surface area contributed by atoms with Gasteiger partial charge >= 0.3 is 0 Å². The van der Waals surface area contributed by atoms with Crippen LogP contribution in [0.25, 0.3) is 0 Å². The minimum atomic E-state index is 0.221. The number of thioether (sulfide) groups is 1. The number of rotatable bonds is 7. The Hall–Kier alpha value is -1.82. The molecule has 1 aromatic carbocycles. The normalized spacial score (nSPS) is 20.0. The van der Waals surface area contributed by atoms with Gasteiger partial charge in [0.25, 0.3) is 0 Å². The number of hydrogen-bond donors (Lipinski definition) is 0. The van der Waals surface area contributed by atoms with E-state index in [1.807, 2.05) is 16.7 Å². The Morgan fingerprint density at radius 3 is 2.75 bits per heavy atom. The highest BCUT2D eigenvalue weighted by molar-refractivity contribution is 7.99. The lowest BCUT2D eigenvalue weighted by Crippen LogP contribution is -2.41. The van der Waals surface area contributed by atoms with Crippen LogP contribution in [0.5, 0.6) is 0 Å². The van der Waals surface area contributed by atoms with Crippen molar-refractivity contribution in [2.24, 2.45) is 5.92 Å². The number of aromatic nitrogens is 2. The molecule has 1 atom stereocenters. The fourth-order valence-corrected chi connectivity index (χ4v) is 4.65. The van der Waals surface area contributed by atoms with E-state index in [0.29, 0.717) is 23.5 Å². The minimum Gasteiger partial charge on any atom is -0.342 e. The Balaban J connectivity index is 1.29. The van der Waals surface area contributed by atoms with Gasteiger partial charge in [0.1, 0.15) is 0 Å². The molecule has 2 aromatic rings. The summed E-state index contributed by atoms with van der Waals surface area (Å²) < 4.78 is 5.43. The molecule has 2 fully saturated rings. The molecule has 0 bridgehead atoms. The number of amides is 1. The van der Waals surface area contributed by atoms with Crippen LogP contribution in [0, 0.1) is 5.92 Å². The SMILES string of the molecule is CC(C)Sc1ccc(CC(=O)N2CCC[C@@H](Cc3nc(C4CC4)no3)C2)cc1. The monoisotopic (exact) mass is 399 g/mol. The van der Waals surface area contributed by atoms with Crippen LogP contribution in [0.15, 0.2) is 33.7 Å². The smallest absolute Gasteiger partial charge is 0.226 e. The molecule has 1 saturated heterocycles. The first-order valence-electron chi connectivity index (χ1n) is 10.4. The molecular weight excluding hydrogens is 370 g/mol. The summed E-state index contributed by atoms with van der Waals surface area (Å²) in [7, 11) is 0. The van der Waals surface area contributed by atoms with E-state index in [0.717, 1.165) is 49.6 Å². The van der Waals surface area contributed by atoms with E-state index in [1.165, 1.54) is 17.7 Å². The van der Waals surface area contributed by atoms with Crippen molar-refractivity contribution in [3.8, 4) is 0 Å². The zero-order chi connectivity index (χ0) is 19.5. The van der Waals surface area contributed by atoms with Gasteiger partial charge in [-0.25, -0.2) is 0 Å². The molecule has 2 aliphatic rings. The largest absolute Gasteiger partial charge is 0.342 e. The van der Waals surface area contributed by atoms with E-state index in [-0.39, 0.29) is 5.91 Å². The van der Waals surface area contributed by atoms with Gasteiger partial charge in [0.15, 0.2) is 5.82 Å². The molecule has 0 N–H and O–H groups in total. The van der Waals surface area contributed by atoms with Crippen molar-refractivity contribution < 1.29 is 9.32 Å². The maximum atomic E-state index is 12.8. The van der Waals surface area contributed by atoms with Gasteiger partial charge in [0, 0.05) is 35.6 Å². The van der Waals surface area contributed by atoms with Crippen LogP contribution in [0.3, 0.4) is 0 Å². The fraction of sp³-hybridized carbons (Fsp3) is 0.591. The summed E-state index contributed by atoms with van der Waals surface area (Å²) in [5.41, 5.74) is 1.09. The molecule has 1 saturated carbocycles. The van der Waals surface area contributed by atoms with Crippen molar-refractivity contribution in [2.75, 3.05) is 13.1 Å². The molecule has 1 aliphatic carbocycles. The lowest BCUT2D eigenvalue weighted by molar-refractivity contribution is -0.132. The van der Waals surface area contributed by atoms with Gasteiger partial charge in [-0.1, -0.05) is 31.1 Å². The summed E-state index contributed by atoms with van der Waals surface area (Å²) in [6.07, 6.45) is 5.79. The summed E-state index contributed by atoms with van der Waals surface area (Å²) in [6, 6.07) is 8.42. The van der Waals surface area contributed by atoms with Gasteiger partial charge in [0.05, 0.1) is 6.42 Å². The molecule has 4 rings (SSSR count). The van der Waals surface area contributed by atoms with Gasteiger partial charge in [-0.15, -0.1) is 11.8 Å². The number of benzene rings is 1. The van der Waals surface area contributed by atoms with Gasteiger partial charge < -0.3 is 9.42 Å². The third kappa shape index (κ3) is 5.16. The van der Waals surface area contributed by atoms with Gasteiger partial charge in [-0.3, -0.25) is 4.79 Å². The highest BCUT2D eigenvalue weighted by Gasteiger charge is 2.30. The van der Waals surface area contributed by atoms with E-state index in [9.17, 15) is 4.79 Å². The summed E-state index contributed by atoms with van der Waals surface area (Å²) in [5.74, 6) is 2.76. The molecular formula is C22H29N3O2S. The van der Waals surface area contributed by atoms with Crippen LogP contribution in [0.1, 0.15) is 62.7 Å². The first kappa shape index (κ1) is 19.5. The van der Waals surface area contributed by atoms with Gasteiger partial charge in [0.2, 0.25) is 11.8 Å². The van der Waals surface area contributed by atoms with Gasteiger partial charge in [-0.2, -0.15) is 4.98 Å². The van der Waals surface area contributed by atoms with Crippen LogP contribution in [-0.4, -0.2) is 39.3 Å². The second-order valence-electron chi connectivity index (χ2n) is 8.36. The first-order valence-corrected chi connectivity index (χ1v) is 11.3. The minimum absolute atomic E-state index is 0.221. The van der Waals surface area contributed by atoms with E-state index < -0.39 is 0 Å². The number of likely N-dealkylation sites (tertiary alicyclic amines) is 1. The third-order valence-electron chi connectivity index (χ3n) is 5.41. The molecule has 6 heteroatoms. The number of carbonyl (C=O) groups is 1. The Labute approximate surface area is 171 Å². The Bertz CT molecular complexity index is 798. The number of carbonyl (C=O) groups excluding carboxylic acids is 1. The molecule has 1 aliphatic heterocycles. The van der Waals surface area contributed by atoms with Crippen molar-refractivity contribution in [1.82, 2.24) is 15.0 Å². The van der Waals surface area contributed by atoms with Gasteiger partial charge in [-0.05, 0) is 49.3 Å². The topological polar surface area (TPSA) is 59.2 Å². The zero-order valence-corrected chi connectivity index (χ0v) is 17.6. The predicted molar refractivity (Wildman–Crippen MR) is 110 cm³/mol. The average Bonchev–Trinajstić information content (AvgIpc) is 3.43. The molecule has 0 radical (unpaired) electrons. The van der Waals surface area contributed by atoms with Crippen LogP contribution < -0.4 is 0 Å². The molecule has 5 nitrogen and oxygen atoms in total. The summed E-state index contributed by atoms with van der Waals surface area (Å²) >= 11 is 1.85. The van der Waals surface area contributed by atoms with Crippen molar-refractivity contribution in [2.45, 2.75) is 68.4 Å². The Morgan fingerprint density at radius 1 is 1.25 bits per heavy atom. The fourth-order valence-electron chi connectivity index (χ4n) is 3.81. The Morgan fingerprint density at radius 2 is 2.04 bits per heavy atom. The zero-order valence-electron chi connectivity index (χ0n) is 16.8. The number of piperidine rings is 1. The van der Waals surface area contributed by atoms with Crippen molar-refractivity contribution in [3.63, 3.8) is 0 Å². The molecule has 2 heterocycles. The van der Waals surface area contributed by atoms with Crippen molar-refractivity contribution in [1.29, 1.82) is 0 Å². The van der Waals surface area contributed by atoms with Crippen LogP contribution in [0.2, 0.25) is 0 Å². The van der Waals surface area contributed by atoms with E-state index in [1.54, 1.807) is 0 Å². The maximum Gasteiger partial charge on any atom is 0.226 e. The molecule has 150 valence electrons. The standard InChI is InChI=1S/C22H29N3O2S/c1-15(2)28-19-9-5-16(6-10-19)13-21(26)25-11-3-4-17(14-25)12-20-23-22(24-27-20)18-7-8-18/h5-6,9-10,15,17-18H,3-4,7-8,11-14H2,1-2H3/t17-/m0/s1. The third-order valence-corrected chi connectivity index (χ3v) is 6.43. The summed E-state index contributed by atoms with van der Waals surface area (Å²) in [5, 5.41) is 4.68. The summed E-state index contributed by atoms with van der Waals surface area (Å²) in [4.78, 5) is 20.6. The number of hydrogen-bond acceptors (Lipinski definition) is 5. The number of nitrogens with zero attached hydrogens (tertiary/aromatic N) is 3. The molecule has 0 unspecified atom stereocenters. The highest BCUT2D eigenvalue weighted by atomic mass is 32.2. The summed E-state index contributed by atoms with van der Waals surface area (Å²) in [6.45, 7) is 6.03. The van der Waals surface area contributed by atoms with E-state index >= 15 is 0 Å². The van der Waals surface area contributed by atoms with Crippen LogP contribution in [-0.2, 0) is 17.6 Å². The van der Waals surface area contributed by atoms with E-state index in [2.05, 4.69) is 48.3 Å². The van der Waals surface area contributed by atoms with Crippen LogP contribution in [0.4, 0.5) is 0 Å². The average molecular weight is 400 g/mol. The first-order chi connectivity index (χ1) is 13.6. The molecule has 1 aromatic heterocycles.